The maximum Gasteiger partial charge on any atom is 0.338 e. The fraction of sp³-hybridized carbons (Fsp3) is 0.190. The molecule has 0 aliphatic rings. The minimum absolute atomic E-state index is 0.256. The molecule has 0 saturated carbocycles. The van der Waals surface area contributed by atoms with Crippen LogP contribution in [-0.2, 0) is 9.53 Å². The number of nitrogens with one attached hydrogen (secondary N) is 2. The molecule has 2 N–H and O–H groups in total. The van der Waals surface area contributed by atoms with Crippen LogP contribution in [0.5, 0.6) is 0 Å². The number of benzene rings is 1. The van der Waals surface area contributed by atoms with Crippen molar-refractivity contribution in [2.45, 2.75) is 26.9 Å². The van der Waals surface area contributed by atoms with E-state index in [-0.39, 0.29) is 17.2 Å². The normalized spacial score (nSPS) is 11.4. The van der Waals surface area contributed by atoms with Crippen LogP contribution in [0.1, 0.15) is 38.3 Å². The van der Waals surface area contributed by atoms with E-state index in [4.69, 9.17) is 4.74 Å². The molecule has 154 valence electrons. The largest absolute Gasteiger partial charge is 0.449 e. The van der Waals surface area contributed by atoms with Crippen LogP contribution >= 0.6 is 11.3 Å². The Bertz CT molecular complexity index is 1040. The number of amides is 2. The molecule has 0 aliphatic carbocycles. The number of pyridine rings is 1. The molecule has 0 bridgehead atoms. The van der Waals surface area contributed by atoms with Gasteiger partial charge in [0.1, 0.15) is 5.69 Å². The molecule has 1 unspecified atom stereocenters. The van der Waals surface area contributed by atoms with Gasteiger partial charge in [0.15, 0.2) is 11.2 Å². The Hall–Kier alpha value is -3.59. The van der Waals surface area contributed by atoms with Crippen molar-refractivity contribution in [1.29, 1.82) is 0 Å². The van der Waals surface area contributed by atoms with E-state index >= 15 is 0 Å². The third-order valence-electron chi connectivity index (χ3n) is 4.19. The van der Waals surface area contributed by atoms with Crippen molar-refractivity contribution >= 4 is 39.9 Å². The highest BCUT2D eigenvalue weighted by Gasteiger charge is 2.20. The number of aryl methyl sites for hydroxylation is 2. The number of rotatable bonds is 6. The molecule has 30 heavy (non-hydrogen) atoms. The number of esters is 1. The van der Waals surface area contributed by atoms with E-state index in [1.165, 1.54) is 36.6 Å². The molecule has 1 aromatic carbocycles. The molecule has 2 heterocycles. The van der Waals surface area contributed by atoms with E-state index in [0.717, 1.165) is 10.6 Å². The van der Waals surface area contributed by atoms with Gasteiger partial charge in [0.2, 0.25) is 0 Å². The zero-order valence-corrected chi connectivity index (χ0v) is 17.4. The van der Waals surface area contributed by atoms with Crippen molar-refractivity contribution in [3.05, 3.63) is 70.5 Å². The van der Waals surface area contributed by atoms with Crippen molar-refractivity contribution < 1.29 is 19.1 Å². The first-order valence-electron chi connectivity index (χ1n) is 9.12. The molecule has 8 nitrogen and oxygen atoms in total. The summed E-state index contributed by atoms with van der Waals surface area (Å²) in [5.74, 6) is -1.47. The quantitative estimate of drug-likeness (QED) is 0.585. The summed E-state index contributed by atoms with van der Waals surface area (Å²) in [4.78, 5) is 45.9. The Morgan fingerprint density at radius 1 is 1.03 bits per heavy atom. The van der Waals surface area contributed by atoms with Crippen LogP contribution in [0.4, 0.5) is 10.8 Å². The van der Waals surface area contributed by atoms with Crippen LogP contribution in [0.15, 0.2) is 48.7 Å². The summed E-state index contributed by atoms with van der Waals surface area (Å²) in [7, 11) is 0. The second kappa shape index (κ2) is 9.27. The van der Waals surface area contributed by atoms with Crippen molar-refractivity contribution in [2.75, 3.05) is 10.6 Å². The molecule has 0 spiro atoms. The SMILES string of the molecule is Cc1nc(NC(=O)C(C)OC(=O)c2ccc(NC(=O)c3ccccn3)cc2)sc1C. The number of carbonyl (C=O) groups is 3. The molecule has 0 saturated heterocycles. The third kappa shape index (κ3) is 5.26. The fourth-order valence-corrected chi connectivity index (χ4v) is 3.21. The van der Waals surface area contributed by atoms with Crippen LogP contribution in [0.3, 0.4) is 0 Å². The molecule has 3 aromatic rings. The number of carbonyl (C=O) groups excluding carboxylic acids is 3. The van der Waals surface area contributed by atoms with Gasteiger partial charge in [-0.3, -0.25) is 19.9 Å². The Morgan fingerprint density at radius 3 is 2.37 bits per heavy atom. The van der Waals surface area contributed by atoms with Crippen molar-refractivity contribution in [3.63, 3.8) is 0 Å². The van der Waals surface area contributed by atoms with Gasteiger partial charge in [-0.15, -0.1) is 11.3 Å². The standard InChI is InChI=1S/C21H20N4O4S/c1-12-14(3)30-21(23-12)25-18(26)13(2)29-20(28)15-7-9-16(10-8-15)24-19(27)17-6-4-5-11-22-17/h4-11,13H,1-3H3,(H,24,27)(H,23,25,26). The first kappa shape index (κ1) is 21.1. The summed E-state index contributed by atoms with van der Waals surface area (Å²) in [6.07, 6.45) is 0.535. The van der Waals surface area contributed by atoms with Crippen LogP contribution in [-0.4, -0.2) is 33.9 Å². The molecule has 2 amide bonds. The number of thiazole rings is 1. The molecular formula is C21H20N4O4S. The number of nitrogens with zero attached hydrogens (tertiary/aromatic N) is 2. The van der Waals surface area contributed by atoms with Crippen LogP contribution in [0.25, 0.3) is 0 Å². The highest BCUT2D eigenvalue weighted by molar-refractivity contribution is 7.15. The number of aromatic nitrogens is 2. The molecule has 1 atom stereocenters. The maximum atomic E-state index is 12.3. The first-order valence-corrected chi connectivity index (χ1v) is 9.93. The molecule has 9 heteroatoms. The van der Waals surface area contributed by atoms with E-state index < -0.39 is 18.0 Å². The van der Waals surface area contributed by atoms with Gasteiger partial charge in [-0.25, -0.2) is 9.78 Å². The van der Waals surface area contributed by atoms with Gasteiger partial charge in [-0.2, -0.15) is 0 Å². The fourth-order valence-electron chi connectivity index (χ4n) is 2.40. The highest BCUT2D eigenvalue weighted by Crippen LogP contribution is 2.21. The number of ether oxygens (including phenoxy) is 1. The lowest BCUT2D eigenvalue weighted by atomic mass is 10.2. The Balaban J connectivity index is 1.56. The number of hydrogen-bond acceptors (Lipinski definition) is 7. The molecule has 0 radical (unpaired) electrons. The Labute approximate surface area is 177 Å². The Kier molecular flexibility index (Phi) is 6.53. The van der Waals surface area contributed by atoms with Crippen LogP contribution in [0.2, 0.25) is 0 Å². The summed E-state index contributed by atoms with van der Waals surface area (Å²) < 4.78 is 5.23. The predicted molar refractivity (Wildman–Crippen MR) is 114 cm³/mol. The molecule has 2 aromatic heterocycles. The van der Waals surface area contributed by atoms with E-state index in [1.54, 1.807) is 30.3 Å². The smallest absolute Gasteiger partial charge is 0.338 e. The highest BCUT2D eigenvalue weighted by atomic mass is 32.1. The second-order valence-corrected chi connectivity index (χ2v) is 7.65. The summed E-state index contributed by atoms with van der Waals surface area (Å²) >= 11 is 1.36. The van der Waals surface area contributed by atoms with Gasteiger partial charge < -0.3 is 10.1 Å². The number of hydrogen-bond donors (Lipinski definition) is 2. The molecule has 0 aliphatic heterocycles. The minimum atomic E-state index is -0.995. The van der Waals surface area contributed by atoms with E-state index in [1.807, 2.05) is 13.8 Å². The van der Waals surface area contributed by atoms with Gasteiger partial charge in [0.25, 0.3) is 11.8 Å². The summed E-state index contributed by atoms with van der Waals surface area (Å²) in [5, 5.41) is 5.80. The molecule has 3 rings (SSSR count). The lowest BCUT2D eigenvalue weighted by Crippen LogP contribution is -2.30. The van der Waals surface area contributed by atoms with Crippen molar-refractivity contribution in [3.8, 4) is 0 Å². The zero-order chi connectivity index (χ0) is 21.7. The van der Waals surface area contributed by atoms with E-state index in [0.29, 0.717) is 10.8 Å². The van der Waals surface area contributed by atoms with Crippen molar-refractivity contribution in [2.24, 2.45) is 0 Å². The minimum Gasteiger partial charge on any atom is -0.449 e. The van der Waals surface area contributed by atoms with E-state index in [2.05, 4.69) is 20.6 Å². The summed E-state index contributed by atoms with van der Waals surface area (Å²) in [6, 6.07) is 11.2. The number of anilines is 2. The molecular weight excluding hydrogens is 404 g/mol. The van der Waals surface area contributed by atoms with Gasteiger partial charge in [-0.1, -0.05) is 6.07 Å². The maximum absolute atomic E-state index is 12.3. The van der Waals surface area contributed by atoms with E-state index in [9.17, 15) is 14.4 Å². The Morgan fingerprint density at radius 2 is 1.77 bits per heavy atom. The first-order chi connectivity index (χ1) is 14.3. The summed E-state index contributed by atoms with van der Waals surface area (Å²) in [6.45, 7) is 5.25. The predicted octanol–water partition coefficient (Wildman–Crippen LogP) is 3.59. The van der Waals surface area contributed by atoms with Gasteiger partial charge in [0, 0.05) is 16.8 Å². The van der Waals surface area contributed by atoms with Gasteiger partial charge in [0.05, 0.1) is 11.3 Å². The summed E-state index contributed by atoms with van der Waals surface area (Å²) in [5.41, 5.74) is 1.88. The average molecular weight is 424 g/mol. The third-order valence-corrected chi connectivity index (χ3v) is 5.18. The van der Waals surface area contributed by atoms with Crippen LogP contribution in [0, 0.1) is 13.8 Å². The monoisotopic (exact) mass is 424 g/mol. The van der Waals surface area contributed by atoms with Crippen molar-refractivity contribution in [1.82, 2.24) is 9.97 Å². The average Bonchev–Trinajstić information content (AvgIpc) is 3.05. The zero-order valence-electron chi connectivity index (χ0n) is 16.6. The second-order valence-electron chi connectivity index (χ2n) is 6.44. The van der Waals surface area contributed by atoms with Gasteiger partial charge >= 0.3 is 5.97 Å². The lowest BCUT2D eigenvalue weighted by Gasteiger charge is -2.12. The van der Waals surface area contributed by atoms with Gasteiger partial charge in [-0.05, 0) is 57.2 Å². The molecule has 0 fully saturated rings. The topological polar surface area (TPSA) is 110 Å². The van der Waals surface area contributed by atoms with Crippen LogP contribution < -0.4 is 10.6 Å². The lowest BCUT2D eigenvalue weighted by molar-refractivity contribution is -0.123.